The number of anilines is 2. The zero-order chi connectivity index (χ0) is 73.7. The van der Waals surface area contributed by atoms with E-state index in [0.717, 1.165) is 90.9 Å². The molecule has 0 aliphatic heterocycles. The molecule has 12 rings (SSSR count). The zero-order valence-corrected chi connectivity index (χ0v) is 68.7. The van der Waals surface area contributed by atoms with Gasteiger partial charge in [-0.05, 0) is 162 Å². The summed E-state index contributed by atoms with van der Waals surface area (Å²) < 4.78 is 0. The number of hydrogen-bond donors (Lipinski definition) is 2. The molecule has 6 heteroatoms. The Morgan fingerprint density at radius 1 is 0.279 bits per heavy atom. The van der Waals surface area contributed by atoms with Crippen LogP contribution in [0.4, 0.5) is 22.7 Å². The normalized spacial score (nSPS) is 10.3. The molecule has 12 aromatic rings. The van der Waals surface area contributed by atoms with Gasteiger partial charge in [-0.3, -0.25) is 0 Å². The summed E-state index contributed by atoms with van der Waals surface area (Å²) in [5, 5.41) is 17.2. The average molecular weight is 1530 g/mol. The Balaban J connectivity index is 0.000000344. The van der Waals surface area contributed by atoms with Crippen LogP contribution in [0.1, 0.15) is 138 Å². The van der Waals surface area contributed by atoms with Crippen molar-refractivity contribution in [1.29, 1.82) is 0 Å². The van der Waals surface area contributed by atoms with Crippen molar-refractivity contribution in [2.45, 2.75) is 107 Å². The molecule has 0 aliphatic carbocycles. The molecule has 0 saturated heterocycles. The minimum Gasteiger partial charge on any atom is -0.684 e. The van der Waals surface area contributed by atoms with Crippen LogP contribution in [0.3, 0.4) is 0 Å². The Hall–Kier alpha value is -9.17. The van der Waals surface area contributed by atoms with Gasteiger partial charge < -0.3 is 21.3 Å². The van der Waals surface area contributed by atoms with Gasteiger partial charge in [-0.15, -0.1) is 97.3 Å². The van der Waals surface area contributed by atoms with Gasteiger partial charge in [0.2, 0.25) is 0 Å². The fourth-order valence-corrected chi connectivity index (χ4v) is 11.2. The number of rotatable bonds is 18. The predicted octanol–water partition coefficient (Wildman–Crippen LogP) is 27.0. The van der Waals surface area contributed by atoms with Crippen LogP contribution in [-0.4, -0.2) is 26.2 Å². The van der Waals surface area contributed by atoms with E-state index in [1.165, 1.54) is 83.8 Å². The van der Waals surface area contributed by atoms with Crippen molar-refractivity contribution >= 4 is 22.7 Å². The standard InChI is InChI=1S/C28H36N2.C28H34N2.6C7H7.2Zr/c2*1-20-21(2)23(4)28(24(5)22(20)3)29-18-12-15-26(25-13-8-6-9-14-25)19-30-27-16-10-7-11-17-27;6*1-7-5-3-2-4-6-7;;/h6-11,13-14,16-17,26,29-30H,12,15,18-19H2,1-5H3;6-11,13-14,16-17,26H,12,15,18-19H2,1-5H3;6*2-6H,1H2;;/q;-2;6*-1;2*+4. The molecule has 0 amide bonds. The third kappa shape index (κ3) is 34.4. The summed E-state index contributed by atoms with van der Waals surface area (Å²) in [6, 6.07) is 102. The molecule has 0 fully saturated rings. The van der Waals surface area contributed by atoms with Gasteiger partial charge in [0.15, 0.2) is 0 Å². The van der Waals surface area contributed by atoms with Gasteiger partial charge in [0.25, 0.3) is 0 Å². The maximum Gasteiger partial charge on any atom is 4.00 e. The molecule has 0 saturated carbocycles. The Morgan fingerprint density at radius 3 is 0.865 bits per heavy atom. The molecular weight excluding hydrogens is 1420 g/mol. The van der Waals surface area contributed by atoms with Crippen molar-refractivity contribution in [1.82, 2.24) is 0 Å². The third-order valence-corrected chi connectivity index (χ3v) is 18.1. The number of hydrogen-bond acceptors (Lipinski definition) is 2. The molecular formula is C98H112N4Zr2. The van der Waals surface area contributed by atoms with Gasteiger partial charge in [-0.2, -0.15) is 148 Å². The first-order valence-electron chi connectivity index (χ1n) is 35.7. The summed E-state index contributed by atoms with van der Waals surface area (Å²) >= 11 is 0. The van der Waals surface area contributed by atoms with E-state index in [9.17, 15) is 0 Å². The second kappa shape index (κ2) is 51.9. The molecule has 0 spiro atoms. The summed E-state index contributed by atoms with van der Waals surface area (Å²) in [5.41, 5.74) is 27.8. The third-order valence-electron chi connectivity index (χ3n) is 18.1. The van der Waals surface area contributed by atoms with Crippen molar-refractivity contribution in [2.24, 2.45) is 0 Å². The molecule has 2 unspecified atom stereocenters. The van der Waals surface area contributed by atoms with E-state index < -0.39 is 0 Å². The van der Waals surface area contributed by atoms with E-state index in [2.05, 4.69) is 225 Å². The molecule has 2 atom stereocenters. The topological polar surface area (TPSA) is 52.3 Å². The molecule has 2 N–H and O–H groups in total. The number of nitrogens with zero attached hydrogens (tertiary/aromatic N) is 2. The van der Waals surface area contributed by atoms with Crippen molar-refractivity contribution in [3.05, 3.63) is 456 Å². The molecule has 0 heterocycles. The van der Waals surface area contributed by atoms with E-state index in [-0.39, 0.29) is 52.4 Å². The quantitative estimate of drug-likeness (QED) is 0.0664. The van der Waals surface area contributed by atoms with Crippen LogP contribution in [0, 0.1) is 111 Å². The maximum atomic E-state index is 5.02. The largest absolute Gasteiger partial charge is 4.00 e. The molecule has 0 radical (unpaired) electrons. The van der Waals surface area contributed by atoms with Crippen LogP contribution >= 0.6 is 0 Å². The Kier molecular flexibility index (Phi) is 44.4. The van der Waals surface area contributed by atoms with Crippen LogP contribution in [0.15, 0.2) is 303 Å². The first-order chi connectivity index (χ1) is 49.3. The van der Waals surface area contributed by atoms with Crippen LogP contribution < -0.4 is 10.6 Å². The summed E-state index contributed by atoms with van der Waals surface area (Å²) in [6.07, 6.45) is 4.44. The zero-order valence-electron chi connectivity index (χ0n) is 63.8. The molecule has 4 nitrogen and oxygen atoms in total. The van der Waals surface area contributed by atoms with Gasteiger partial charge >= 0.3 is 52.4 Å². The Bertz CT molecular complexity index is 3620. The maximum absolute atomic E-state index is 5.02. The minimum absolute atomic E-state index is 0. The predicted molar refractivity (Wildman–Crippen MR) is 448 cm³/mol. The SMILES string of the molecule is Cc1c(C)c(C)c(NCCCC(CNc2ccccc2)c2ccccc2)c(C)c1C.Cc1c(C)c(C)c([N-]CCCC(C[N-]c2ccccc2)c2ccccc2)c(C)c1C.[CH2-]c1ccccc1.[CH2-]c1ccccc1.[CH2-]c1ccccc1.[CH2-]c1ccccc1.[CH2-]c1ccccc1.[CH2-]c1ccccc1.[Zr+4].[Zr+4]. The van der Waals surface area contributed by atoms with Gasteiger partial charge in [0.05, 0.1) is 0 Å². The van der Waals surface area contributed by atoms with E-state index in [1.807, 2.05) is 200 Å². The first kappa shape index (κ1) is 89.0. The summed E-state index contributed by atoms with van der Waals surface area (Å²) in [6.45, 7) is 48.2. The molecule has 532 valence electrons. The van der Waals surface area contributed by atoms with Crippen molar-refractivity contribution in [3.8, 4) is 0 Å². The van der Waals surface area contributed by atoms with Crippen molar-refractivity contribution in [3.63, 3.8) is 0 Å². The summed E-state index contributed by atoms with van der Waals surface area (Å²) in [4.78, 5) is 0. The van der Waals surface area contributed by atoms with E-state index in [1.54, 1.807) is 0 Å². The molecule has 0 bridgehead atoms. The molecule has 0 aromatic heterocycles. The van der Waals surface area contributed by atoms with Crippen LogP contribution in [-0.2, 0) is 52.4 Å². The number of nitrogens with one attached hydrogen (secondary N) is 2. The fourth-order valence-electron chi connectivity index (χ4n) is 11.2. The summed E-state index contributed by atoms with van der Waals surface area (Å²) in [5.74, 6) is 0.919. The Labute approximate surface area is 668 Å². The van der Waals surface area contributed by atoms with Gasteiger partial charge in [-0.1, -0.05) is 163 Å². The number of para-hydroxylation sites is 2. The first-order valence-corrected chi connectivity index (χ1v) is 35.7. The van der Waals surface area contributed by atoms with E-state index in [0.29, 0.717) is 11.8 Å². The number of benzene rings is 12. The van der Waals surface area contributed by atoms with Crippen molar-refractivity contribution in [2.75, 3.05) is 36.8 Å². The average Bonchev–Trinajstić information content (AvgIpc) is 0.806. The van der Waals surface area contributed by atoms with Gasteiger partial charge in [0.1, 0.15) is 0 Å². The minimum atomic E-state index is 0. The van der Waals surface area contributed by atoms with Crippen LogP contribution in [0.5, 0.6) is 0 Å². The van der Waals surface area contributed by atoms with Gasteiger partial charge in [-0.25, -0.2) is 0 Å². The Morgan fingerprint density at radius 2 is 0.548 bits per heavy atom. The molecule has 104 heavy (non-hydrogen) atoms. The fraction of sp³-hybridized carbons (Fsp3) is 0.204. The molecule has 0 aliphatic rings. The monoisotopic (exact) mass is 1520 g/mol. The van der Waals surface area contributed by atoms with Gasteiger partial charge in [0, 0.05) is 30.4 Å². The smallest absolute Gasteiger partial charge is 0.684 e. The molecule has 12 aromatic carbocycles. The van der Waals surface area contributed by atoms with Crippen LogP contribution in [0.25, 0.3) is 10.6 Å². The van der Waals surface area contributed by atoms with Crippen molar-refractivity contribution < 1.29 is 52.4 Å². The van der Waals surface area contributed by atoms with E-state index in [4.69, 9.17) is 10.6 Å². The summed E-state index contributed by atoms with van der Waals surface area (Å²) in [7, 11) is 0. The second-order valence-corrected chi connectivity index (χ2v) is 25.6. The van der Waals surface area contributed by atoms with E-state index >= 15 is 0 Å². The van der Waals surface area contributed by atoms with Crippen LogP contribution in [0.2, 0.25) is 0 Å². The second-order valence-electron chi connectivity index (χ2n) is 25.6.